The topological polar surface area (TPSA) is 41.5 Å². The molecule has 0 radical (unpaired) electrons. The van der Waals surface area contributed by atoms with Crippen molar-refractivity contribution < 1.29 is 9.84 Å². The van der Waals surface area contributed by atoms with Crippen LogP contribution in [-0.2, 0) is 11.3 Å². The van der Waals surface area contributed by atoms with Crippen LogP contribution >= 0.6 is 11.3 Å². The van der Waals surface area contributed by atoms with E-state index in [2.05, 4.69) is 16.8 Å². The van der Waals surface area contributed by atoms with Crippen molar-refractivity contribution in [1.82, 2.24) is 5.32 Å². The van der Waals surface area contributed by atoms with E-state index in [1.54, 1.807) is 18.4 Å². The molecule has 0 amide bonds. The summed E-state index contributed by atoms with van der Waals surface area (Å²) in [6, 6.07) is 4.13. The molecule has 0 saturated heterocycles. The molecule has 0 aromatic carbocycles. The fourth-order valence-corrected chi connectivity index (χ4v) is 2.54. The zero-order chi connectivity index (χ0) is 12.9. The van der Waals surface area contributed by atoms with E-state index in [9.17, 15) is 5.11 Å². The summed E-state index contributed by atoms with van der Waals surface area (Å²) in [5, 5.41) is 15.0. The van der Waals surface area contributed by atoms with Crippen molar-refractivity contribution in [2.75, 3.05) is 13.7 Å². The van der Waals surface area contributed by atoms with Crippen LogP contribution in [0.4, 0.5) is 0 Å². The lowest BCUT2D eigenvalue weighted by Crippen LogP contribution is -2.50. The van der Waals surface area contributed by atoms with Gasteiger partial charge in [-0.1, -0.05) is 6.07 Å². The van der Waals surface area contributed by atoms with Gasteiger partial charge in [0.25, 0.3) is 0 Å². The van der Waals surface area contributed by atoms with Crippen molar-refractivity contribution in [3.05, 3.63) is 22.4 Å². The number of ether oxygens (including phenoxy) is 1. The molecule has 1 aromatic rings. The predicted molar refractivity (Wildman–Crippen MR) is 72.4 cm³/mol. The van der Waals surface area contributed by atoms with Gasteiger partial charge in [-0.15, -0.1) is 11.3 Å². The SMILES string of the molecule is COC(C)(C)CC(C)(CO)NCc1cccs1. The maximum atomic E-state index is 9.56. The molecule has 1 unspecified atom stereocenters. The van der Waals surface area contributed by atoms with Crippen LogP contribution in [0.15, 0.2) is 17.5 Å². The fraction of sp³-hybridized carbons (Fsp3) is 0.692. The Morgan fingerprint density at radius 2 is 2.12 bits per heavy atom. The highest BCUT2D eigenvalue weighted by Crippen LogP contribution is 2.23. The first-order valence-corrected chi connectivity index (χ1v) is 6.72. The molecule has 0 aliphatic heterocycles. The molecule has 0 bridgehead atoms. The van der Waals surface area contributed by atoms with Gasteiger partial charge in [0.15, 0.2) is 0 Å². The van der Waals surface area contributed by atoms with Gasteiger partial charge in [0.2, 0.25) is 0 Å². The van der Waals surface area contributed by atoms with E-state index in [1.165, 1.54) is 4.88 Å². The molecule has 1 heterocycles. The molecule has 0 saturated carbocycles. The molecule has 0 aliphatic carbocycles. The lowest BCUT2D eigenvalue weighted by molar-refractivity contribution is -0.0165. The largest absolute Gasteiger partial charge is 0.394 e. The first-order chi connectivity index (χ1) is 7.91. The van der Waals surface area contributed by atoms with Crippen LogP contribution in [0.5, 0.6) is 0 Å². The second-order valence-corrected chi connectivity index (χ2v) is 6.32. The van der Waals surface area contributed by atoms with Crippen molar-refractivity contribution in [3.8, 4) is 0 Å². The minimum Gasteiger partial charge on any atom is -0.394 e. The standard InChI is InChI=1S/C13H23NO2S/c1-12(2,16-4)9-13(3,10-15)14-8-11-6-5-7-17-11/h5-7,14-15H,8-10H2,1-4H3. The smallest absolute Gasteiger partial charge is 0.0641 e. The molecule has 98 valence electrons. The molecule has 4 heteroatoms. The Kier molecular flexibility index (Phi) is 5.13. The molecular weight excluding hydrogens is 234 g/mol. The van der Waals surface area contributed by atoms with E-state index in [0.29, 0.717) is 0 Å². The van der Waals surface area contributed by atoms with Gasteiger partial charge in [0.1, 0.15) is 0 Å². The summed E-state index contributed by atoms with van der Waals surface area (Å²) in [7, 11) is 1.71. The van der Waals surface area contributed by atoms with Gasteiger partial charge in [-0.2, -0.15) is 0 Å². The molecule has 1 aromatic heterocycles. The highest BCUT2D eigenvalue weighted by Gasteiger charge is 2.31. The number of methoxy groups -OCH3 is 1. The summed E-state index contributed by atoms with van der Waals surface area (Å²) in [6.45, 7) is 6.99. The van der Waals surface area contributed by atoms with Crippen LogP contribution in [0.25, 0.3) is 0 Å². The van der Waals surface area contributed by atoms with E-state index in [4.69, 9.17) is 4.74 Å². The summed E-state index contributed by atoms with van der Waals surface area (Å²) in [5.74, 6) is 0. The third-order valence-corrected chi connectivity index (χ3v) is 3.86. The van der Waals surface area contributed by atoms with Gasteiger partial charge in [-0.25, -0.2) is 0 Å². The monoisotopic (exact) mass is 257 g/mol. The summed E-state index contributed by atoms with van der Waals surface area (Å²) in [6.07, 6.45) is 0.762. The van der Waals surface area contributed by atoms with Crippen LogP contribution in [0.1, 0.15) is 32.1 Å². The summed E-state index contributed by atoms with van der Waals surface area (Å²) >= 11 is 1.72. The van der Waals surface area contributed by atoms with Gasteiger partial charge >= 0.3 is 0 Å². The summed E-state index contributed by atoms with van der Waals surface area (Å²) in [5.41, 5.74) is -0.552. The number of aliphatic hydroxyl groups is 1. The number of nitrogens with one attached hydrogen (secondary N) is 1. The van der Waals surface area contributed by atoms with Crippen LogP contribution in [-0.4, -0.2) is 30.0 Å². The molecule has 0 spiro atoms. The van der Waals surface area contributed by atoms with Crippen molar-refractivity contribution in [2.24, 2.45) is 0 Å². The number of hydrogen-bond acceptors (Lipinski definition) is 4. The number of aliphatic hydroxyl groups excluding tert-OH is 1. The van der Waals surface area contributed by atoms with Gasteiger partial charge < -0.3 is 15.2 Å². The van der Waals surface area contributed by atoms with Crippen molar-refractivity contribution in [1.29, 1.82) is 0 Å². The normalized spacial score (nSPS) is 15.8. The molecule has 1 rings (SSSR count). The van der Waals surface area contributed by atoms with E-state index in [1.807, 2.05) is 26.8 Å². The van der Waals surface area contributed by atoms with Crippen LogP contribution in [0.2, 0.25) is 0 Å². The molecule has 0 fully saturated rings. The zero-order valence-corrected chi connectivity index (χ0v) is 11.9. The van der Waals surface area contributed by atoms with Crippen molar-refractivity contribution in [3.63, 3.8) is 0 Å². The Morgan fingerprint density at radius 3 is 2.59 bits per heavy atom. The Morgan fingerprint density at radius 1 is 1.41 bits per heavy atom. The minimum absolute atomic E-state index is 0.102. The Hall–Kier alpha value is -0.420. The first kappa shape index (κ1) is 14.6. The molecule has 17 heavy (non-hydrogen) atoms. The molecule has 1 atom stereocenters. The van der Waals surface area contributed by atoms with Crippen LogP contribution in [0.3, 0.4) is 0 Å². The average Bonchev–Trinajstić information content (AvgIpc) is 2.79. The lowest BCUT2D eigenvalue weighted by Gasteiger charge is -2.36. The molecular formula is C13H23NO2S. The van der Waals surface area contributed by atoms with Gasteiger partial charge in [0.05, 0.1) is 12.2 Å². The maximum Gasteiger partial charge on any atom is 0.0641 e. The molecule has 0 aliphatic rings. The van der Waals surface area contributed by atoms with E-state index >= 15 is 0 Å². The van der Waals surface area contributed by atoms with Gasteiger partial charge in [-0.3, -0.25) is 0 Å². The van der Waals surface area contributed by atoms with E-state index in [-0.39, 0.29) is 17.7 Å². The van der Waals surface area contributed by atoms with Crippen molar-refractivity contribution in [2.45, 2.75) is 44.9 Å². The Balaban J connectivity index is 2.56. The fourth-order valence-electron chi connectivity index (χ4n) is 1.90. The molecule has 3 nitrogen and oxygen atoms in total. The van der Waals surface area contributed by atoms with Gasteiger partial charge in [-0.05, 0) is 38.6 Å². The number of rotatable bonds is 7. The zero-order valence-electron chi connectivity index (χ0n) is 11.1. The first-order valence-electron chi connectivity index (χ1n) is 5.84. The summed E-state index contributed by atoms with van der Waals surface area (Å²) < 4.78 is 5.42. The quantitative estimate of drug-likeness (QED) is 0.788. The number of hydrogen-bond donors (Lipinski definition) is 2. The Labute approximate surface area is 108 Å². The second kappa shape index (κ2) is 5.96. The lowest BCUT2D eigenvalue weighted by atomic mass is 9.88. The maximum absolute atomic E-state index is 9.56. The van der Waals surface area contributed by atoms with E-state index < -0.39 is 0 Å². The van der Waals surface area contributed by atoms with E-state index in [0.717, 1.165) is 13.0 Å². The van der Waals surface area contributed by atoms with Crippen LogP contribution < -0.4 is 5.32 Å². The third-order valence-electron chi connectivity index (χ3n) is 2.99. The Bertz CT molecular complexity index is 324. The molecule has 2 N–H and O–H groups in total. The van der Waals surface area contributed by atoms with Crippen LogP contribution in [0, 0.1) is 0 Å². The predicted octanol–water partition coefficient (Wildman–Crippen LogP) is 2.40. The highest BCUT2D eigenvalue weighted by molar-refractivity contribution is 7.09. The summed E-state index contributed by atoms with van der Waals surface area (Å²) in [4.78, 5) is 1.28. The highest BCUT2D eigenvalue weighted by atomic mass is 32.1. The van der Waals surface area contributed by atoms with Gasteiger partial charge in [0, 0.05) is 24.1 Å². The number of thiophene rings is 1. The average molecular weight is 257 g/mol. The third kappa shape index (κ3) is 4.76. The second-order valence-electron chi connectivity index (χ2n) is 5.29. The minimum atomic E-state index is -0.316. The van der Waals surface area contributed by atoms with Crippen molar-refractivity contribution >= 4 is 11.3 Å².